The minimum absolute atomic E-state index is 0.140. The average Bonchev–Trinajstić information content (AvgIpc) is 2.35. The summed E-state index contributed by atoms with van der Waals surface area (Å²) >= 11 is 0. The van der Waals surface area contributed by atoms with Crippen LogP contribution in [0.5, 0.6) is 0 Å². The molecule has 1 amide bonds. The lowest BCUT2D eigenvalue weighted by Gasteiger charge is -2.46. The van der Waals surface area contributed by atoms with E-state index in [9.17, 15) is 4.79 Å². The summed E-state index contributed by atoms with van der Waals surface area (Å²) in [4.78, 5) is 14.7. The number of nitrogens with zero attached hydrogens (tertiary/aromatic N) is 1. The molecule has 0 bridgehead atoms. The third-order valence-corrected chi connectivity index (χ3v) is 4.73. The topological polar surface area (TPSA) is 46.3 Å². The van der Waals surface area contributed by atoms with E-state index in [1.54, 1.807) is 0 Å². The van der Waals surface area contributed by atoms with Crippen LogP contribution in [0.3, 0.4) is 0 Å². The van der Waals surface area contributed by atoms with Crippen LogP contribution in [0, 0.1) is 11.3 Å². The molecule has 0 spiro atoms. The fraction of sp³-hybridized carbons (Fsp3) is 0.933. The molecule has 3 atom stereocenters. The minimum atomic E-state index is -0.363. The summed E-state index contributed by atoms with van der Waals surface area (Å²) in [6.45, 7) is 7.08. The van der Waals surface area contributed by atoms with Crippen molar-refractivity contribution >= 4 is 5.91 Å². The van der Waals surface area contributed by atoms with E-state index in [-0.39, 0.29) is 17.4 Å². The number of fused-ring (bicyclic) bond motifs is 1. The molecule has 18 heavy (non-hydrogen) atoms. The minimum Gasteiger partial charge on any atom is -0.338 e. The number of rotatable bonds is 1. The van der Waals surface area contributed by atoms with Gasteiger partial charge in [-0.15, -0.1) is 0 Å². The van der Waals surface area contributed by atoms with Gasteiger partial charge in [0, 0.05) is 12.6 Å². The Balaban J connectivity index is 2.09. The smallest absolute Gasteiger partial charge is 0.240 e. The van der Waals surface area contributed by atoms with Gasteiger partial charge in [0.2, 0.25) is 5.91 Å². The van der Waals surface area contributed by atoms with Gasteiger partial charge in [-0.25, -0.2) is 0 Å². The number of carbonyl (C=O) groups excluding carboxylic acids is 1. The Kier molecular flexibility index (Phi) is 4.00. The van der Waals surface area contributed by atoms with Gasteiger partial charge < -0.3 is 10.6 Å². The fourth-order valence-corrected chi connectivity index (χ4v) is 3.45. The monoisotopic (exact) mass is 252 g/mol. The molecule has 1 heterocycles. The lowest BCUT2D eigenvalue weighted by atomic mass is 9.77. The lowest BCUT2D eigenvalue weighted by Crippen LogP contribution is -2.57. The van der Waals surface area contributed by atoms with Crippen LogP contribution in [0.15, 0.2) is 0 Å². The standard InChI is InChI=1S/C15H28N2O/c1-15(2,3)13(16)14(18)17-10-6-8-11-7-4-5-9-12(11)17/h11-13H,4-10,16H2,1-3H3/t11-,12-,13+/m1/s1. The summed E-state index contributed by atoms with van der Waals surface area (Å²) in [5, 5.41) is 0. The number of likely N-dealkylation sites (tertiary alicyclic amines) is 1. The predicted molar refractivity (Wildman–Crippen MR) is 74.1 cm³/mol. The molecule has 2 aliphatic rings. The van der Waals surface area contributed by atoms with Crippen LogP contribution in [0.25, 0.3) is 0 Å². The Labute approximate surface area is 111 Å². The molecular weight excluding hydrogens is 224 g/mol. The zero-order valence-corrected chi connectivity index (χ0v) is 12.1. The molecule has 0 radical (unpaired) electrons. The first-order chi connectivity index (χ1) is 8.41. The lowest BCUT2D eigenvalue weighted by molar-refractivity contribution is -0.141. The van der Waals surface area contributed by atoms with Crippen molar-refractivity contribution in [2.75, 3.05) is 6.54 Å². The van der Waals surface area contributed by atoms with Crippen molar-refractivity contribution in [2.24, 2.45) is 17.1 Å². The molecule has 2 fully saturated rings. The third kappa shape index (κ3) is 2.71. The molecule has 1 saturated carbocycles. The normalized spacial score (nSPS) is 30.8. The first-order valence-electron chi connectivity index (χ1n) is 7.47. The van der Waals surface area contributed by atoms with E-state index in [0.717, 1.165) is 18.9 Å². The van der Waals surface area contributed by atoms with Crippen molar-refractivity contribution in [2.45, 2.75) is 71.4 Å². The van der Waals surface area contributed by atoms with Gasteiger partial charge in [0.1, 0.15) is 0 Å². The van der Waals surface area contributed by atoms with Crippen LogP contribution < -0.4 is 5.73 Å². The molecule has 2 N–H and O–H groups in total. The third-order valence-electron chi connectivity index (χ3n) is 4.73. The highest BCUT2D eigenvalue weighted by Gasteiger charge is 2.39. The Bertz CT molecular complexity index is 306. The summed E-state index contributed by atoms with van der Waals surface area (Å²) in [6.07, 6.45) is 7.57. The number of nitrogens with two attached hydrogens (primary N) is 1. The molecule has 104 valence electrons. The molecule has 3 nitrogen and oxygen atoms in total. The van der Waals surface area contributed by atoms with E-state index in [2.05, 4.69) is 25.7 Å². The number of piperidine rings is 1. The molecular formula is C15H28N2O. The van der Waals surface area contributed by atoms with E-state index in [1.807, 2.05) is 0 Å². The van der Waals surface area contributed by atoms with Gasteiger partial charge in [0.05, 0.1) is 6.04 Å². The molecule has 1 saturated heterocycles. The van der Waals surface area contributed by atoms with E-state index < -0.39 is 0 Å². The molecule has 1 aliphatic heterocycles. The Hall–Kier alpha value is -0.570. The highest BCUT2D eigenvalue weighted by molar-refractivity contribution is 5.83. The van der Waals surface area contributed by atoms with Crippen molar-refractivity contribution in [1.29, 1.82) is 0 Å². The zero-order valence-electron chi connectivity index (χ0n) is 12.1. The summed E-state index contributed by atoms with van der Waals surface area (Å²) < 4.78 is 0. The molecule has 0 aromatic carbocycles. The largest absolute Gasteiger partial charge is 0.338 e. The van der Waals surface area contributed by atoms with E-state index in [4.69, 9.17) is 5.73 Å². The summed E-state index contributed by atoms with van der Waals surface area (Å²) in [5.74, 6) is 0.919. The Morgan fingerprint density at radius 2 is 1.78 bits per heavy atom. The zero-order chi connectivity index (χ0) is 13.3. The molecule has 2 rings (SSSR count). The molecule has 0 aromatic heterocycles. The quantitative estimate of drug-likeness (QED) is 0.779. The van der Waals surface area contributed by atoms with Crippen molar-refractivity contribution in [3.63, 3.8) is 0 Å². The van der Waals surface area contributed by atoms with Gasteiger partial charge in [0.15, 0.2) is 0 Å². The van der Waals surface area contributed by atoms with Crippen LogP contribution in [-0.4, -0.2) is 29.4 Å². The summed E-state index contributed by atoms with van der Waals surface area (Å²) in [5.41, 5.74) is 6.02. The van der Waals surface area contributed by atoms with Crippen molar-refractivity contribution in [3.05, 3.63) is 0 Å². The van der Waals surface area contributed by atoms with Crippen LogP contribution in [-0.2, 0) is 4.79 Å². The van der Waals surface area contributed by atoms with Crippen molar-refractivity contribution in [3.8, 4) is 0 Å². The van der Waals surface area contributed by atoms with Crippen molar-refractivity contribution in [1.82, 2.24) is 4.90 Å². The van der Waals surface area contributed by atoms with Gasteiger partial charge >= 0.3 is 0 Å². The average molecular weight is 252 g/mol. The highest BCUT2D eigenvalue weighted by atomic mass is 16.2. The number of amides is 1. The second-order valence-corrected chi connectivity index (χ2v) is 7.13. The van der Waals surface area contributed by atoms with Gasteiger partial charge in [-0.1, -0.05) is 33.6 Å². The van der Waals surface area contributed by atoms with Crippen molar-refractivity contribution < 1.29 is 4.79 Å². The molecule has 0 unspecified atom stereocenters. The SMILES string of the molecule is CC(C)(C)[C@@H](N)C(=O)N1CCC[C@H]2CCCC[C@H]21. The Morgan fingerprint density at radius 1 is 1.17 bits per heavy atom. The molecule has 1 aliphatic carbocycles. The van der Waals surface area contributed by atoms with Crippen LogP contribution in [0.2, 0.25) is 0 Å². The predicted octanol–water partition coefficient (Wildman–Crippen LogP) is 2.54. The van der Waals surface area contributed by atoms with Gasteiger partial charge in [-0.2, -0.15) is 0 Å². The van der Waals surface area contributed by atoms with Gasteiger partial charge in [0.25, 0.3) is 0 Å². The molecule has 3 heteroatoms. The molecule has 0 aromatic rings. The maximum Gasteiger partial charge on any atom is 0.240 e. The van der Waals surface area contributed by atoms with Gasteiger partial charge in [-0.05, 0) is 37.0 Å². The maximum atomic E-state index is 12.6. The van der Waals surface area contributed by atoms with E-state index >= 15 is 0 Å². The van der Waals surface area contributed by atoms with Crippen LogP contribution in [0.4, 0.5) is 0 Å². The van der Waals surface area contributed by atoms with Gasteiger partial charge in [-0.3, -0.25) is 4.79 Å². The first kappa shape index (κ1) is 13.9. The Morgan fingerprint density at radius 3 is 2.44 bits per heavy atom. The number of carbonyl (C=O) groups is 1. The maximum absolute atomic E-state index is 12.6. The fourth-order valence-electron chi connectivity index (χ4n) is 3.45. The summed E-state index contributed by atoms with van der Waals surface area (Å²) in [7, 11) is 0. The van der Waals surface area contributed by atoms with Crippen LogP contribution >= 0.6 is 0 Å². The van der Waals surface area contributed by atoms with E-state index in [0.29, 0.717) is 6.04 Å². The second kappa shape index (κ2) is 5.20. The number of hydrogen-bond acceptors (Lipinski definition) is 2. The van der Waals surface area contributed by atoms with E-state index in [1.165, 1.54) is 32.1 Å². The first-order valence-corrected chi connectivity index (χ1v) is 7.47. The highest BCUT2D eigenvalue weighted by Crippen LogP contribution is 2.36. The summed E-state index contributed by atoms with van der Waals surface area (Å²) in [6, 6.07) is 0.117. The van der Waals surface area contributed by atoms with Crippen LogP contribution in [0.1, 0.15) is 59.3 Å². The number of hydrogen-bond donors (Lipinski definition) is 1. The second-order valence-electron chi connectivity index (χ2n) is 7.13.